The van der Waals surface area contributed by atoms with Gasteiger partial charge in [-0.2, -0.15) is 26.3 Å². The molecule has 6 aliphatic rings. The highest BCUT2D eigenvalue weighted by atomic mass is 19.4. The lowest BCUT2D eigenvalue weighted by Crippen LogP contribution is -2.56. The van der Waals surface area contributed by atoms with Gasteiger partial charge in [0.2, 0.25) is 0 Å². The van der Waals surface area contributed by atoms with Crippen molar-refractivity contribution in [1.29, 1.82) is 0 Å². The number of piperidine rings is 6. The summed E-state index contributed by atoms with van der Waals surface area (Å²) in [5, 5.41) is 15.6. The van der Waals surface area contributed by atoms with Crippen LogP contribution in [0.15, 0.2) is 122 Å². The third kappa shape index (κ3) is 11.2. The smallest absolute Gasteiger partial charge is 0.364 e. The van der Waals surface area contributed by atoms with E-state index in [0.29, 0.717) is 57.8 Å². The standard InChI is InChI=1S/2C29H33F3N4/c2*1-17-5-6-26-25(13-17)24(7-9-33-26)28(27-14-21-8-10-36(27)16-19(21)3)35-20(4)34-23-12-18(2)11-22(15-23)29(30,31)32/h2*5-7,9,11-13,15,19,21,27-28,34-35H,4,8,10,14,16H2,1-3H3/t2*19?,21?,27?,28-/m10/s1. The lowest BCUT2D eigenvalue weighted by Gasteiger charge is -2.52. The first kappa shape index (κ1) is 50.8. The van der Waals surface area contributed by atoms with Gasteiger partial charge in [0.1, 0.15) is 0 Å². The van der Waals surface area contributed by atoms with Crippen molar-refractivity contribution in [3.63, 3.8) is 0 Å². The number of pyridine rings is 2. The van der Waals surface area contributed by atoms with E-state index in [9.17, 15) is 26.3 Å². The quantitative estimate of drug-likeness (QED) is 0.0903. The monoisotopic (exact) mass is 989 g/mol. The van der Waals surface area contributed by atoms with Gasteiger partial charge in [-0.3, -0.25) is 19.8 Å². The van der Waals surface area contributed by atoms with Crippen molar-refractivity contribution in [2.24, 2.45) is 23.7 Å². The fourth-order valence-corrected chi connectivity index (χ4v) is 12.1. The second-order valence-corrected chi connectivity index (χ2v) is 21.1. The molecule has 0 aliphatic carbocycles. The second kappa shape index (κ2) is 20.4. The molecule has 8 unspecified atom stereocenters. The van der Waals surface area contributed by atoms with Gasteiger partial charge < -0.3 is 21.3 Å². The number of rotatable bonds is 12. The van der Waals surface area contributed by atoms with Gasteiger partial charge in [-0.1, -0.05) is 50.3 Å². The molecule has 8 nitrogen and oxygen atoms in total. The molecule has 4 bridgehead atoms. The third-order valence-corrected chi connectivity index (χ3v) is 15.6. The molecule has 6 aliphatic heterocycles. The maximum atomic E-state index is 13.4. The van der Waals surface area contributed by atoms with Crippen LogP contribution in [-0.4, -0.2) is 58.0 Å². The Balaban J connectivity index is 0.000000178. The van der Waals surface area contributed by atoms with E-state index in [1.165, 1.54) is 12.8 Å². The number of nitrogens with one attached hydrogen (secondary N) is 4. The van der Waals surface area contributed by atoms with Crippen LogP contribution in [0.2, 0.25) is 0 Å². The molecule has 12 rings (SSSR count). The highest BCUT2D eigenvalue weighted by Crippen LogP contribution is 2.44. The molecule has 6 saturated heterocycles. The van der Waals surface area contributed by atoms with Crippen molar-refractivity contribution in [2.45, 2.75) is 104 Å². The number of benzene rings is 4. The molecular weight excluding hydrogens is 923 g/mol. The number of aryl methyl sites for hydroxylation is 4. The summed E-state index contributed by atoms with van der Waals surface area (Å²) in [6.45, 7) is 24.7. The maximum absolute atomic E-state index is 13.4. The molecule has 6 fully saturated rings. The van der Waals surface area contributed by atoms with Gasteiger partial charge in [-0.15, -0.1) is 0 Å². The number of hydrogen-bond acceptors (Lipinski definition) is 8. The molecule has 380 valence electrons. The number of hydrogen-bond donors (Lipinski definition) is 4. The number of alkyl halides is 6. The summed E-state index contributed by atoms with van der Waals surface area (Å²) in [5.41, 5.74) is 6.92. The summed E-state index contributed by atoms with van der Waals surface area (Å²) in [6, 6.07) is 25.0. The van der Waals surface area contributed by atoms with Gasteiger partial charge in [0.25, 0.3) is 0 Å². The van der Waals surface area contributed by atoms with Gasteiger partial charge >= 0.3 is 12.4 Å². The lowest BCUT2D eigenvalue weighted by atomic mass is 9.73. The van der Waals surface area contributed by atoms with Crippen LogP contribution < -0.4 is 21.3 Å². The molecule has 2 aromatic heterocycles. The maximum Gasteiger partial charge on any atom is 0.416 e. The van der Waals surface area contributed by atoms with E-state index in [1.54, 1.807) is 26.0 Å². The van der Waals surface area contributed by atoms with Crippen LogP contribution >= 0.6 is 0 Å². The summed E-state index contributed by atoms with van der Waals surface area (Å²) >= 11 is 0. The molecule has 6 aromatic rings. The molecule has 0 radical (unpaired) electrons. The number of anilines is 2. The minimum atomic E-state index is -4.40. The molecule has 0 saturated carbocycles. The van der Waals surface area contributed by atoms with Crippen molar-refractivity contribution in [3.05, 3.63) is 167 Å². The summed E-state index contributed by atoms with van der Waals surface area (Å²) in [5.74, 6) is 3.64. The van der Waals surface area contributed by atoms with Crippen molar-refractivity contribution < 1.29 is 26.3 Å². The molecule has 14 heteroatoms. The van der Waals surface area contributed by atoms with E-state index in [4.69, 9.17) is 0 Å². The fraction of sp³-hybridized carbons (Fsp3) is 0.414. The molecular formula is C58H66F6N8. The average Bonchev–Trinajstić information content (AvgIpc) is 3.32. The Labute approximate surface area is 419 Å². The Hall–Kier alpha value is -6.12. The van der Waals surface area contributed by atoms with Crippen LogP contribution in [0.25, 0.3) is 21.8 Å². The zero-order valence-electron chi connectivity index (χ0n) is 42.0. The molecule has 72 heavy (non-hydrogen) atoms. The van der Waals surface area contributed by atoms with Crippen molar-refractivity contribution >= 4 is 33.2 Å². The average molecular weight is 989 g/mol. The van der Waals surface area contributed by atoms with Crippen LogP contribution in [0.3, 0.4) is 0 Å². The number of halogens is 6. The first-order chi connectivity index (χ1) is 34.2. The summed E-state index contributed by atoms with van der Waals surface area (Å²) in [4.78, 5) is 14.3. The molecule has 4 aromatic carbocycles. The summed E-state index contributed by atoms with van der Waals surface area (Å²) in [7, 11) is 0. The van der Waals surface area contributed by atoms with Crippen molar-refractivity contribution in [1.82, 2.24) is 30.4 Å². The first-order valence-electron chi connectivity index (χ1n) is 25.2. The SMILES string of the molecule is C=C(Nc1cc(C)cc(C(F)(F)F)c1)N[C@@H](c1ccnc2ccc(C)cc12)C1CC2CCN1CC2C.C=C(Nc1cc(C)cc(C(F)(F)F)c1)N[C@H](c1ccnc2ccc(C)cc12)C1CC2CCN1CC2C. The predicted molar refractivity (Wildman–Crippen MR) is 277 cm³/mol. The Morgan fingerprint density at radius 2 is 0.958 bits per heavy atom. The molecule has 10 atom stereocenters. The van der Waals surface area contributed by atoms with E-state index in [1.807, 2.05) is 24.5 Å². The van der Waals surface area contributed by atoms with Crippen LogP contribution in [0.1, 0.15) is 96.1 Å². The summed E-state index contributed by atoms with van der Waals surface area (Å²) < 4.78 is 80.3. The van der Waals surface area contributed by atoms with E-state index in [-0.39, 0.29) is 24.2 Å². The van der Waals surface area contributed by atoms with Gasteiger partial charge in [-0.25, -0.2) is 0 Å². The topological polar surface area (TPSA) is 80.4 Å². The zero-order chi connectivity index (χ0) is 51.2. The molecule has 4 N–H and O–H groups in total. The van der Waals surface area contributed by atoms with E-state index in [2.05, 4.69) is 118 Å². The first-order valence-corrected chi connectivity index (χ1v) is 25.2. The third-order valence-electron chi connectivity index (χ3n) is 15.6. The minimum absolute atomic E-state index is 0.0838. The van der Waals surface area contributed by atoms with Crippen LogP contribution in [0.5, 0.6) is 0 Å². The van der Waals surface area contributed by atoms with E-state index in [0.717, 1.165) is 107 Å². The van der Waals surface area contributed by atoms with E-state index < -0.39 is 23.5 Å². The van der Waals surface area contributed by atoms with Crippen LogP contribution in [-0.2, 0) is 12.4 Å². The van der Waals surface area contributed by atoms with Crippen molar-refractivity contribution in [2.75, 3.05) is 36.8 Å². The second-order valence-electron chi connectivity index (χ2n) is 21.1. The number of nitrogens with zero attached hydrogens (tertiary/aromatic N) is 4. The largest absolute Gasteiger partial charge is 0.416 e. The van der Waals surface area contributed by atoms with Crippen molar-refractivity contribution in [3.8, 4) is 0 Å². The van der Waals surface area contributed by atoms with Gasteiger partial charge in [0, 0.05) is 59.7 Å². The Morgan fingerprint density at radius 3 is 1.31 bits per heavy atom. The Bertz CT molecular complexity index is 2770. The highest BCUT2D eigenvalue weighted by molar-refractivity contribution is 5.84. The van der Waals surface area contributed by atoms with Crippen LogP contribution in [0.4, 0.5) is 37.7 Å². The van der Waals surface area contributed by atoms with E-state index >= 15 is 0 Å². The molecule has 8 heterocycles. The predicted octanol–water partition coefficient (Wildman–Crippen LogP) is 13.6. The Kier molecular flexibility index (Phi) is 14.4. The van der Waals surface area contributed by atoms with Gasteiger partial charge in [0.15, 0.2) is 0 Å². The minimum Gasteiger partial charge on any atom is -0.364 e. The van der Waals surface area contributed by atoms with Gasteiger partial charge in [0.05, 0.1) is 45.9 Å². The number of aromatic nitrogens is 2. The van der Waals surface area contributed by atoms with Crippen LogP contribution in [0, 0.1) is 51.4 Å². The number of fused-ring (bicyclic) bond motifs is 8. The highest BCUT2D eigenvalue weighted by Gasteiger charge is 2.44. The fourth-order valence-electron chi connectivity index (χ4n) is 12.1. The normalized spacial score (nSPS) is 24.5. The lowest BCUT2D eigenvalue weighted by molar-refractivity contribution is -0.138. The molecule has 0 amide bonds. The van der Waals surface area contributed by atoms with Gasteiger partial charge in [-0.05, 0) is 185 Å². The molecule has 0 spiro atoms. The Morgan fingerprint density at radius 1 is 0.556 bits per heavy atom. The summed E-state index contributed by atoms with van der Waals surface area (Å²) in [6.07, 6.45) is -0.556. The zero-order valence-corrected chi connectivity index (χ0v) is 42.0.